The lowest BCUT2D eigenvalue weighted by Gasteiger charge is -2.25. The van der Waals surface area contributed by atoms with Gasteiger partial charge in [0.25, 0.3) is 0 Å². The smallest absolute Gasteiger partial charge is 0.229 e. The molecule has 1 aliphatic rings. The van der Waals surface area contributed by atoms with Crippen LogP contribution in [0.5, 0.6) is 0 Å². The Labute approximate surface area is 144 Å². The van der Waals surface area contributed by atoms with Crippen LogP contribution in [-0.4, -0.2) is 41.3 Å². The number of carbonyl (C=O) groups is 1. The molecule has 3 rings (SSSR count). The van der Waals surface area contributed by atoms with Crippen molar-refractivity contribution in [2.75, 3.05) is 20.6 Å². The maximum Gasteiger partial charge on any atom is 0.229 e. The van der Waals surface area contributed by atoms with E-state index in [1.54, 1.807) is 6.20 Å². The van der Waals surface area contributed by atoms with Gasteiger partial charge >= 0.3 is 0 Å². The number of aromatic nitrogens is 1. The molecule has 0 saturated carbocycles. The van der Waals surface area contributed by atoms with E-state index < -0.39 is 0 Å². The fourth-order valence-corrected chi connectivity index (χ4v) is 3.38. The number of carbonyl (C=O) groups excluding carboxylic acids is 1. The summed E-state index contributed by atoms with van der Waals surface area (Å²) in [4.78, 5) is 21.1. The second-order valence-corrected chi connectivity index (χ2v) is 6.72. The molecule has 4 nitrogen and oxygen atoms in total. The molecule has 126 valence electrons. The first-order valence-electron chi connectivity index (χ1n) is 8.56. The average Bonchev–Trinajstić information content (AvgIpc) is 3.06. The van der Waals surface area contributed by atoms with Crippen molar-refractivity contribution in [2.24, 2.45) is 0 Å². The van der Waals surface area contributed by atoms with Crippen molar-refractivity contribution in [3.8, 4) is 0 Å². The minimum Gasteiger partial charge on any atom is -0.335 e. The second kappa shape index (κ2) is 7.58. The van der Waals surface area contributed by atoms with Crippen LogP contribution in [0.1, 0.15) is 35.7 Å². The van der Waals surface area contributed by atoms with Crippen LogP contribution in [0.15, 0.2) is 48.7 Å². The average molecular weight is 323 g/mol. The minimum absolute atomic E-state index is 0.175. The molecule has 0 N–H and O–H groups in total. The van der Waals surface area contributed by atoms with Crippen LogP contribution in [0.2, 0.25) is 0 Å². The highest BCUT2D eigenvalue weighted by Gasteiger charge is 2.29. The number of hydrogen-bond acceptors (Lipinski definition) is 3. The van der Waals surface area contributed by atoms with Crippen molar-refractivity contribution >= 4 is 5.91 Å². The minimum atomic E-state index is 0.175. The van der Waals surface area contributed by atoms with Gasteiger partial charge in [-0.3, -0.25) is 9.78 Å². The van der Waals surface area contributed by atoms with Gasteiger partial charge in [-0.2, -0.15) is 0 Å². The molecule has 24 heavy (non-hydrogen) atoms. The molecule has 1 amide bonds. The fraction of sp³-hybridized carbons (Fsp3) is 0.400. The number of rotatable bonds is 5. The zero-order chi connectivity index (χ0) is 16.9. The van der Waals surface area contributed by atoms with Crippen LogP contribution in [-0.2, 0) is 17.8 Å². The van der Waals surface area contributed by atoms with E-state index in [0.29, 0.717) is 6.42 Å². The molecular weight excluding hydrogens is 298 g/mol. The highest BCUT2D eigenvalue weighted by atomic mass is 16.2. The highest BCUT2D eigenvalue weighted by Crippen LogP contribution is 2.32. The molecule has 1 aromatic carbocycles. The Morgan fingerprint density at radius 2 is 2.00 bits per heavy atom. The zero-order valence-corrected chi connectivity index (χ0v) is 14.5. The molecule has 1 atom stereocenters. The highest BCUT2D eigenvalue weighted by molar-refractivity contribution is 5.79. The predicted molar refractivity (Wildman–Crippen MR) is 95.5 cm³/mol. The summed E-state index contributed by atoms with van der Waals surface area (Å²) in [6.45, 7) is 1.78. The number of benzene rings is 1. The van der Waals surface area contributed by atoms with Crippen LogP contribution in [0.4, 0.5) is 0 Å². The summed E-state index contributed by atoms with van der Waals surface area (Å²) in [5.74, 6) is 0.175. The van der Waals surface area contributed by atoms with Crippen molar-refractivity contribution in [1.29, 1.82) is 0 Å². The van der Waals surface area contributed by atoms with E-state index >= 15 is 0 Å². The number of amides is 1. The molecule has 0 radical (unpaired) electrons. The third-order valence-corrected chi connectivity index (χ3v) is 4.49. The number of likely N-dealkylation sites (tertiary alicyclic amines) is 1. The SMILES string of the molecule is CN(C)Cc1ccc([C@@H]2CCCN2C(=O)Cc2ccccn2)cc1. The molecule has 0 spiro atoms. The number of pyridine rings is 1. The molecule has 2 heterocycles. The Morgan fingerprint density at radius 1 is 1.21 bits per heavy atom. The first kappa shape index (κ1) is 16.7. The normalized spacial score (nSPS) is 17.5. The molecule has 0 aliphatic carbocycles. The molecule has 1 aromatic heterocycles. The number of hydrogen-bond donors (Lipinski definition) is 0. The summed E-state index contributed by atoms with van der Waals surface area (Å²) >= 11 is 0. The monoisotopic (exact) mass is 323 g/mol. The third kappa shape index (κ3) is 4.01. The lowest BCUT2D eigenvalue weighted by molar-refractivity contribution is -0.131. The van der Waals surface area contributed by atoms with Gasteiger partial charge in [0.2, 0.25) is 5.91 Å². The van der Waals surface area contributed by atoms with Gasteiger partial charge in [-0.1, -0.05) is 30.3 Å². The van der Waals surface area contributed by atoms with E-state index in [4.69, 9.17) is 0 Å². The Balaban J connectivity index is 1.69. The third-order valence-electron chi connectivity index (χ3n) is 4.49. The van der Waals surface area contributed by atoms with Crippen molar-refractivity contribution in [3.63, 3.8) is 0 Å². The lowest BCUT2D eigenvalue weighted by atomic mass is 10.0. The quantitative estimate of drug-likeness (QED) is 0.848. The lowest BCUT2D eigenvalue weighted by Crippen LogP contribution is -2.32. The van der Waals surface area contributed by atoms with Gasteiger partial charge in [0.05, 0.1) is 12.5 Å². The van der Waals surface area contributed by atoms with Gasteiger partial charge in [-0.15, -0.1) is 0 Å². The summed E-state index contributed by atoms with van der Waals surface area (Å²) in [5, 5.41) is 0. The van der Waals surface area contributed by atoms with Crippen molar-refractivity contribution < 1.29 is 4.79 Å². The molecule has 2 aromatic rings. The van der Waals surface area contributed by atoms with Crippen LogP contribution < -0.4 is 0 Å². The molecule has 1 aliphatic heterocycles. The number of nitrogens with zero attached hydrogens (tertiary/aromatic N) is 3. The first-order valence-corrected chi connectivity index (χ1v) is 8.56. The Kier molecular flexibility index (Phi) is 5.26. The summed E-state index contributed by atoms with van der Waals surface area (Å²) < 4.78 is 0. The van der Waals surface area contributed by atoms with Gasteiger partial charge in [0, 0.05) is 25.0 Å². The summed E-state index contributed by atoms with van der Waals surface area (Å²) in [6, 6.07) is 14.6. The van der Waals surface area contributed by atoms with Crippen molar-refractivity contribution in [1.82, 2.24) is 14.8 Å². The van der Waals surface area contributed by atoms with Crippen LogP contribution in [0.25, 0.3) is 0 Å². The fourth-order valence-electron chi connectivity index (χ4n) is 3.38. The van der Waals surface area contributed by atoms with E-state index in [1.807, 2.05) is 23.1 Å². The Hall–Kier alpha value is -2.20. The van der Waals surface area contributed by atoms with E-state index in [9.17, 15) is 4.79 Å². The maximum atomic E-state index is 12.7. The molecule has 1 fully saturated rings. The topological polar surface area (TPSA) is 36.4 Å². The largest absolute Gasteiger partial charge is 0.335 e. The zero-order valence-electron chi connectivity index (χ0n) is 14.5. The van der Waals surface area contributed by atoms with Gasteiger partial charge in [-0.05, 0) is 50.2 Å². The second-order valence-electron chi connectivity index (χ2n) is 6.72. The van der Waals surface area contributed by atoms with Gasteiger partial charge in [-0.25, -0.2) is 0 Å². The van der Waals surface area contributed by atoms with Crippen molar-refractivity contribution in [3.05, 3.63) is 65.5 Å². The van der Waals surface area contributed by atoms with Gasteiger partial charge in [0.15, 0.2) is 0 Å². The van der Waals surface area contributed by atoms with E-state index in [1.165, 1.54) is 11.1 Å². The van der Waals surface area contributed by atoms with Gasteiger partial charge in [0.1, 0.15) is 0 Å². The molecular formula is C20H25N3O. The predicted octanol–water partition coefficient (Wildman–Crippen LogP) is 3.05. The Morgan fingerprint density at radius 3 is 2.67 bits per heavy atom. The standard InChI is InChI=1S/C20H25N3O/c1-22(2)15-16-8-10-17(11-9-16)19-7-5-13-23(19)20(24)14-18-6-3-4-12-21-18/h3-4,6,8-12,19H,5,7,13-15H2,1-2H3/t19-/m0/s1. The molecule has 0 unspecified atom stereocenters. The van der Waals surface area contributed by atoms with E-state index in [2.05, 4.69) is 48.2 Å². The summed E-state index contributed by atoms with van der Waals surface area (Å²) in [7, 11) is 4.14. The molecule has 1 saturated heterocycles. The molecule has 0 bridgehead atoms. The van der Waals surface area contributed by atoms with Crippen LogP contribution in [0.3, 0.4) is 0 Å². The molecule has 4 heteroatoms. The Bertz CT molecular complexity index is 667. The van der Waals surface area contributed by atoms with Gasteiger partial charge < -0.3 is 9.80 Å². The summed E-state index contributed by atoms with van der Waals surface area (Å²) in [5.41, 5.74) is 3.38. The van der Waals surface area contributed by atoms with Crippen LogP contribution >= 0.6 is 0 Å². The van der Waals surface area contributed by atoms with E-state index in [0.717, 1.165) is 31.6 Å². The van der Waals surface area contributed by atoms with E-state index in [-0.39, 0.29) is 11.9 Å². The summed E-state index contributed by atoms with van der Waals surface area (Å²) in [6.07, 6.45) is 4.24. The van der Waals surface area contributed by atoms with Crippen molar-refractivity contribution in [2.45, 2.75) is 31.8 Å². The first-order chi connectivity index (χ1) is 11.6. The maximum absolute atomic E-state index is 12.7. The van der Waals surface area contributed by atoms with Crippen LogP contribution in [0, 0.1) is 0 Å².